The summed E-state index contributed by atoms with van der Waals surface area (Å²) in [7, 11) is 0. The molecular weight excluding hydrogens is 304 g/mol. The minimum atomic E-state index is -0.248. The molecule has 2 saturated heterocycles. The molecule has 0 spiro atoms. The van der Waals surface area contributed by atoms with Crippen LogP contribution in [0.2, 0.25) is 0 Å². The number of aliphatic hydroxyl groups excluding tert-OH is 1. The van der Waals surface area contributed by atoms with Crippen LogP contribution in [0.25, 0.3) is 11.0 Å². The Morgan fingerprint density at radius 1 is 1.25 bits per heavy atom. The Labute approximate surface area is 143 Å². The first-order valence-corrected chi connectivity index (χ1v) is 8.81. The monoisotopic (exact) mass is 332 g/mol. The molecule has 24 heavy (non-hydrogen) atoms. The third-order valence-corrected chi connectivity index (χ3v) is 4.36. The summed E-state index contributed by atoms with van der Waals surface area (Å²) in [5.41, 5.74) is 0.781. The number of β-amino-alcohol motifs (C(OH)–C–C–N with tert-alkyl or cyclic N) is 1. The van der Waals surface area contributed by atoms with Crippen LogP contribution >= 0.6 is 0 Å². The van der Waals surface area contributed by atoms with Gasteiger partial charge >= 0.3 is 0 Å². The van der Waals surface area contributed by atoms with E-state index < -0.39 is 0 Å². The van der Waals surface area contributed by atoms with E-state index in [1.54, 1.807) is 0 Å². The molecule has 2 aromatic heterocycles. The molecule has 0 radical (unpaired) electrons. The molecule has 2 aromatic rings. The van der Waals surface area contributed by atoms with Crippen molar-refractivity contribution in [3.05, 3.63) is 18.1 Å². The number of anilines is 1. The Morgan fingerprint density at radius 3 is 2.54 bits per heavy atom. The van der Waals surface area contributed by atoms with Gasteiger partial charge < -0.3 is 19.7 Å². The first-order chi connectivity index (χ1) is 11.4. The minimum absolute atomic E-state index is 0.0909. The molecular formula is C18H28N4O2. The van der Waals surface area contributed by atoms with Gasteiger partial charge in [0.05, 0.1) is 11.5 Å². The topological polar surface area (TPSA) is 74.3 Å². The third kappa shape index (κ3) is 3.87. The van der Waals surface area contributed by atoms with Crippen molar-refractivity contribution in [2.75, 3.05) is 31.2 Å². The standard InChI is InChI=1S/C14H20N4O.C4H8O/c1-14(2,3)13-16-11-10(4-6-15-11)12(17-13)18-7-5-9(19)8-18;1-2-4-5-3-1/h4,6,9,19H,5,7-8H2,1-3H3,(H,15,16,17);1-4H2. The van der Waals surface area contributed by atoms with Crippen LogP contribution < -0.4 is 4.90 Å². The number of aromatic nitrogens is 3. The normalized spacial score (nSPS) is 21.2. The van der Waals surface area contributed by atoms with Gasteiger partial charge in [0.1, 0.15) is 17.3 Å². The van der Waals surface area contributed by atoms with Crippen molar-refractivity contribution >= 4 is 16.9 Å². The molecule has 0 bridgehead atoms. The summed E-state index contributed by atoms with van der Waals surface area (Å²) in [6.07, 6.45) is 5.00. The highest BCUT2D eigenvalue weighted by molar-refractivity contribution is 5.87. The maximum Gasteiger partial charge on any atom is 0.143 e. The number of nitrogens with one attached hydrogen (secondary N) is 1. The molecule has 1 unspecified atom stereocenters. The molecule has 1 atom stereocenters. The van der Waals surface area contributed by atoms with Gasteiger partial charge in [0.2, 0.25) is 0 Å². The summed E-state index contributed by atoms with van der Waals surface area (Å²) in [5.74, 6) is 1.77. The highest BCUT2D eigenvalue weighted by atomic mass is 16.5. The van der Waals surface area contributed by atoms with Crippen molar-refractivity contribution in [3.63, 3.8) is 0 Å². The van der Waals surface area contributed by atoms with Gasteiger partial charge in [-0.25, -0.2) is 9.97 Å². The summed E-state index contributed by atoms with van der Waals surface area (Å²) in [6, 6.07) is 2.00. The van der Waals surface area contributed by atoms with E-state index in [1.807, 2.05) is 12.3 Å². The van der Waals surface area contributed by atoms with E-state index in [0.29, 0.717) is 6.54 Å². The summed E-state index contributed by atoms with van der Waals surface area (Å²) < 4.78 is 4.94. The van der Waals surface area contributed by atoms with Crippen molar-refractivity contribution in [1.29, 1.82) is 0 Å². The lowest BCUT2D eigenvalue weighted by atomic mass is 9.95. The molecule has 0 amide bonds. The first kappa shape index (κ1) is 17.2. The largest absolute Gasteiger partial charge is 0.391 e. The SMILES string of the molecule is C1CCOC1.CC(C)(C)c1nc(N2CCC(O)C2)c2cc[nH]c2n1. The molecule has 6 nitrogen and oxygen atoms in total. The second-order valence-electron chi connectivity index (χ2n) is 7.57. The van der Waals surface area contributed by atoms with Gasteiger partial charge in [0, 0.05) is 37.9 Å². The number of nitrogens with zero attached hydrogens (tertiary/aromatic N) is 3. The third-order valence-electron chi connectivity index (χ3n) is 4.36. The lowest BCUT2D eigenvalue weighted by molar-refractivity contribution is 0.198. The van der Waals surface area contributed by atoms with Crippen LogP contribution in [-0.2, 0) is 10.2 Å². The van der Waals surface area contributed by atoms with Gasteiger partial charge in [-0.15, -0.1) is 0 Å². The van der Waals surface area contributed by atoms with Crippen molar-refractivity contribution in [3.8, 4) is 0 Å². The Hall–Kier alpha value is -1.66. The smallest absolute Gasteiger partial charge is 0.143 e. The van der Waals surface area contributed by atoms with Gasteiger partial charge in [0.15, 0.2) is 0 Å². The zero-order chi connectivity index (χ0) is 17.2. The fourth-order valence-corrected chi connectivity index (χ4v) is 2.95. The number of aromatic amines is 1. The van der Waals surface area contributed by atoms with Crippen LogP contribution in [-0.4, -0.2) is 52.5 Å². The van der Waals surface area contributed by atoms with Gasteiger partial charge in [-0.1, -0.05) is 20.8 Å². The van der Waals surface area contributed by atoms with Crippen LogP contribution in [0.15, 0.2) is 12.3 Å². The van der Waals surface area contributed by atoms with Gasteiger partial charge in [-0.05, 0) is 25.3 Å². The molecule has 0 aliphatic carbocycles. The van der Waals surface area contributed by atoms with Crippen LogP contribution in [0.3, 0.4) is 0 Å². The zero-order valence-corrected chi connectivity index (χ0v) is 14.9. The van der Waals surface area contributed by atoms with Crippen molar-refractivity contribution < 1.29 is 9.84 Å². The van der Waals surface area contributed by atoms with E-state index in [1.165, 1.54) is 12.8 Å². The second kappa shape index (κ2) is 7.07. The highest BCUT2D eigenvalue weighted by Gasteiger charge is 2.26. The molecule has 132 valence electrons. The summed E-state index contributed by atoms with van der Waals surface area (Å²) >= 11 is 0. The fraction of sp³-hybridized carbons (Fsp3) is 0.667. The van der Waals surface area contributed by atoms with E-state index in [-0.39, 0.29) is 11.5 Å². The summed E-state index contributed by atoms with van der Waals surface area (Å²) in [4.78, 5) is 14.7. The maximum absolute atomic E-state index is 9.72. The predicted molar refractivity (Wildman–Crippen MR) is 95.5 cm³/mol. The van der Waals surface area contributed by atoms with Gasteiger partial charge in [-0.2, -0.15) is 0 Å². The summed E-state index contributed by atoms with van der Waals surface area (Å²) in [5, 5.41) is 10.7. The van der Waals surface area contributed by atoms with Gasteiger partial charge in [-0.3, -0.25) is 0 Å². The maximum atomic E-state index is 9.72. The number of fused-ring (bicyclic) bond motifs is 1. The lowest BCUT2D eigenvalue weighted by Crippen LogP contribution is -2.25. The molecule has 2 aliphatic heterocycles. The van der Waals surface area contributed by atoms with Crippen molar-refractivity contribution in [2.45, 2.75) is 51.6 Å². The molecule has 6 heteroatoms. The van der Waals surface area contributed by atoms with Crippen LogP contribution in [0, 0.1) is 0 Å². The quantitative estimate of drug-likeness (QED) is 0.840. The second-order valence-corrected chi connectivity index (χ2v) is 7.57. The first-order valence-electron chi connectivity index (χ1n) is 8.81. The molecule has 0 aromatic carbocycles. The van der Waals surface area contributed by atoms with Crippen LogP contribution in [0.4, 0.5) is 5.82 Å². The predicted octanol–water partition coefficient (Wildman–Crippen LogP) is 2.62. The molecule has 4 rings (SSSR count). The summed E-state index contributed by atoms with van der Waals surface area (Å²) in [6.45, 7) is 9.84. The van der Waals surface area contributed by atoms with E-state index >= 15 is 0 Å². The van der Waals surface area contributed by atoms with Crippen LogP contribution in [0.1, 0.15) is 45.9 Å². The highest BCUT2D eigenvalue weighted by Crippen LogP contribution is 2.29. The number of H-pyrrole nitrogens is 1. The van der Waals surface area contributed by atoms with E-state index in [2.05, 4.69) is 35.6 Å². The number of ether oxygens (including phenoxy) is 1. The van der Waals surface area contributed by atoms with Crippen LogP contribution in [0.5, 0.6) is 0 Å². The van der Waals surface area contributed by atoms with Gasteiger partial charge in [0.25, 0.3) is 0 Å². The Balaban J connectivity index is 0.000000290. The lowest BCUT2D eigenvalue weighted by Gasteiger charge is -2.22. The minimum Gasteiger partial charge on any atom is -0.391 e. The zero-order valence-electron chi connectivity index (χ0n) is 14.9. The van der Waals surface area contributed by atoms with E-state index in [4.69, 9.17) is 9.72 Å². The van der Waals surface area contributed by atoms with Crippen molar-refractivity contribution in [1.82, 2.24) is 15.0 Å². The fourth-order valence-electron chi connectivity index (χ4n) is 2.95. The Kier molecular flexibility index (Phi) is 5.06. The average molecular weight is 332 g/mol. The molecule has 4 heterocycles. The number of hydrogen-bond acceptors (Lipinski definition) is 5. The average Bonchev–Trinajstić information content (AvgIpc) is 3.28. The number of hydrogen-bond donors (Lipinski definition) is 2. The van der Waals surface area contributed by atoms with E-state index in [0.717, 1.165) is 48.9 Å². The molecule has 0 saturated carbocycles. The van der Waals surface area contributed by atoms with E-state index in [9.17, 15) is 5.11 Å². The number of rotatable bonds is 1. The molecule has 2 fully saturated rings. The molecule has 2 N–H and O–H groups in total. The Morgan fingerprint density at radius 2 is 2.00 bits per heavy atom. The molecule has 2 aliphatic rings. The van der Waals surface area contributed by atoms with Crippen molar-refractivity contribution in [2.24, 2.45) is 0 Å². The Bertz CT molecular complexity index is 666. The number of aliphatic hydroxyl groups is 1.